The maximum Gasteiger partial charge on any atom is 0.190 e. The van der Waals surface area contributed by atoms with E-state index in [1.807, 2.05) is 16.9 Å². The number of rotatable bonds is 5. The van der Waals surface area contributed by atoms with Crippen molar-refractivity contribution in [3.8, 4) is 5.69 Å². The normalized spacial score (nSPS) is 10.9. The highest BCUT2D eigenvalue weighted by Gasteiger charge is 1.98. The summed E-state index contributed by atoms with van der Waals surface area (Å²) in [6, 6.07) is 10.4. The van der Waals surface area contributed by atoms with Crippen LogP contribution >= 0.6 is 24.0 Å². The minimum Gasteiger partial charge on any atom is -0.357 e. The number of halogens is 1. The van der Waals surface area contributed by atoms with Gasteiger partial charge in [-0.25, -0.2) is 4.68 Å². The highest BCUT2D eigenvalue weighted by molar-refractivity contribution is 14.0. The Morgan fingerprint density at radius 1 is 1.24 bits per heavy atom. The average molecular weight is 399 g/mol. The Labute approximate surface area is 142 Å². The summed E-state index contributed by atoms with van der Waals surface area (Å²) in [5, 5.41) is 10.7. The average Bonchev–Trinajstić information content (AvgIpc) is 3.01. The zero-order valence-electron chi connectivity index (χ0n) is 12.4. The lowest BCUT2D eigenvalue weighted by atomic mass is 10.1. The van der Waals surface area contributed by atoms with Crippen LogP contribution < -0.4 is 10.6 Å². The summed E-state index contributed by atoms with van der Waals surface area (Å²) in [7, 11) is 1.78. The van der Waals surface area contributed by atoms with Gasteiger partial charge in [0.15, 0.2) is 5.96 Å². The number of aliphatic imine (C=N–C) groups is 1. The quantitative estimate of drug-likeness (QED) is 0.461. The molecule has 2 aromatic rings. The van der Waals surface area contributed by atoms with Crippen molar-refractivity contribution in [3.63, 3.8) is 0 Å². The standard InChI is InChI=1S/C15H21N5.HI/c1-3-17-15(16-2)18-11-9-13-5-7-14(8-6-13)20-12-4-10-19-20;/h4-8,10,12H,3,9,11H2,1-2H3,(H2,16,17,18);1H. The third kappa shape index (κ3) is 5.37. The van der Waals surface area contributed by atoms with Gasteiger partial charge in [-0.1, -0.05) is 12.1 Å². The molecule has 0 amide bonds. The number of hydrogen-bond acceptors (Lipinski definition) is 2. The molecule has 0 aliphatic carbocycles. The third-order valence-electron chi connectivity index (χ3n) is 2.98. The molecule has 2 N–H and O–H groups in total. The van der Waals surface area contributed by atoms with Gasteiger partial charge in [-0.3, -0.25) is 4.99 Å². The highest BCUT2D eigenvalue weighted by atomic mass is 127. The van der Waals surface area contributed by atoms with Crippen LogP contribution in [-0.4, -0.2) is 35.9 Å². The molecule has 0 spiro atoms. The topological polar surface area (TPSA) is 54.2 Å². The minimum atomic E-state index is 0. The van der Waals surface area contributed by atoms with E-state index in [0.29, 0.717) is 0 Å². The molecule has 0 saturated heterocycles. The van der Waals surface area contributed by atoms with E-state index in [4.69, 9.17) is 0 Å². The van der Waals surface area contributed by atoms with Crippen molar-refractivity contribution in [1.29, 1.82) is 0 Å². The van der Waals surface area contributed by atoms with E-state index in [1.54, 1.807) is 13.2 Å². The molecule has 2 rings (SSSR count). The van der Waals surface area contributed by atoms with E-state index in [1.165, 1.54) is 5.56 Å². The number of hydrogen-bond donors (Lipinski definition) is 2. The maximum atomic E-state index is 4.21. The third-order valence-corrected chi connectivity index (χ3v) is 2.98. The Morgan fingerprint density at radius 3 is 2.57 bits per heavy atom. The molecule has 114 valence electrons. The predicted molar refractivity (Wildman–Crippen MR) is 97.7 cm³/mol. The van der Waals surface area contributed by atoms with Crippen molar-refractivity contribution in [2.24, 2.45) is 4.99 Å². The van der Waals surface area contributed by atoms with E-state index in [2.05, 4.69) is 51.9 Å². The van der Waals surface area contributed by atoms with Gasteiger partial charge in [0.2, 0.25) is 0 Å². The smallest absolute Gasteiger partial charge is 0.190 e. The molecule has 1 aromatic heterocycles. The van der Waals surface area contributed by atoms with Gasteiger partial charge in [0, 0.05) is 32.5 Å². The molecule has 0 aliphatic rings. The Balaban J connectivity index is 0.00000220. The van der Waals surface area contributed by atoms with Crippen LogP contribution in [0, 0.1) is 0 Å². The Morgan fingerprint density at radius 2 is 2.00 bits per heavy atom. The zero-order chi connectivity index (χ0) is 14.2. The van der Waals surface area contributed by atoms with E-state index in [-0.39, 0.29) is 24.0 Å². The molecule has 0 fully saturated rings. The van der Waals surface area contributed by atoms with Gasteiger partial charge in [0.25, 0.3) is 0 Å². The fraction of sp³-hybridized carbons (Fsp3) is 0.333. The van der Waals surface area contributed by atoms with Crippen LogP contribution in [0.15, 0.2) is 47.7 Å². The van der Waals surface area contributed by atoms with Crippen LogP contribution in [0.25, 0.3) is 5.69 Å². The molecule has 0 atom stereocenters. The largest absolute Gasteiger partial charge is 0.357 e. The minimum absolute atomic E-state index is 0. The summed E-state index contributed by atoms with van der Waals surface area (Å²) >= 11 is 0. The second-order valence-electron chi connectivity index (χ2n) is 4.40. The van der Waals surface area contributed by atoms with Gasteiger partial charge in [-0.05, 0) is 37.1 Å². The second-order valence-corrected chi connectivity index (χ2v) is 4.40. The van der Waals surface area contributed by atoms with E-state index in [9.17, 15) is 0 Å². The van der Waals surface area contributed by atoms with Crippen molar-refractivity contribution in [2.45, 2.75) is 13.3 Å². The van der Waals surface area contributed by atoms with Gasteiger partial charge in [0.1, 0.15) is 0 Å². The number of guanidine groups is 1. The van der Waals surface area contributed by atoms with Gasteiger partial charge in [0.05, 0.1) is 5.69 Å². The Bertz CT molecular complexity index is 534. The summed E-state index contributed by atoms with van der Waals surface area (Å²) in [4.78, 5) is 4.14. The first-order chi connectivity index (χ1) is 9.83. The molecule has 0 bridgehead atoms. The molecule has 0 aliphatic heterocycles. The lowest BCUT2D eigenvalue weighted by Crippen LogP contribution is -2.38. The summed E-state index contributed by atoms with van der Waals surface area (Å²) in [5.74, 6) is 0.848. The maximum absolute atomic E-state index is 4.21. The molecule has 1 aromatic carbocycles. The van der Waals surface area contributed by atoms with Gasteiger partial charge >= 0.3 is 0 Å². The lowest BCUT2D eigenvalue weighted by molar-refractivity contribution is 0.809. The highest BCUT2D eigenvalue weighted by Crippen LogP contribution is 2.08. The van der Waals surface area contributed by atoms with E-state index < -0.39 is 0 Å². The molecule has 0 radical (unpaired) electrons. The van der Waals surface area contributed by atoms with Crippen LogP contribution in [0.1, 0.15) is 12.5 Å². The van der Waals surface area contributed by atoms with Gasteiger partial charge < -0.3 is 10.6 Å². The predicted octanol–water partition coefficient (Wildman–Crippen LogP) is 2.22. The fourth-order valence-electron chi connectivity index (χ4n) is 1.95. The number of nitrogens with zero attached hydrogens (tertiary/aromatic N) is 3. The number of nitrogens with one attached hydrogen (secondary N) is 2. The Hall–Kier alpha value is -1.57. The summed E-state index contributed by atoms with van der Waals surface area (Å²) < 4.78 is 1.86. The number of aromatic nitrogens is 2. The molecule has 0 unspecified atom stereocenters. The van der Waals surface area contributed by atoms with Crippen LogP contribution in [0.4, 0.5) is 0 Å². The lowest BCUT2D eigenvalue weighted by Gasteiger charge is -2.10. The molecule has 1 heterocycles. The molecular weight excluding hydrogens is 377 g/mol. The molecule has 5 nitrogen and oxygen atoms in total. The van der Waals surface area contributed by atoms with Crippen molar-refractivity contribution >= 4 is 29.9 Å². The monoisotopic (exact) mass is 399 g/mol. The SMILES string of the molecule is CCNC(=NC)NCCc1ccc(-n2cccn2)cc1.I. The van der Waals surface area contributed by atoms with Crippen LogP contribution in [-0.2, 0) is 6.42 Å². The van der Waals surface area contributed by atoms with Crippen molar-refractivity contribution in [1.82, 2.24) is 20.4 Å². The number of benzene rings is 1. The fourth-order valence-corrected chi connectivity index (χ4v) is 1.95. The second kappa shape index (κ2) is 9.38. The van der Waals surface area contributed by atoms with E-state index in [0.717, 1.165) is 31.2 Å². The van der Waals surface area contributed by atoms with E-state index >= 15 is 0 Å². The molecule has 0 saturated carbocycles. The Kier molecular flexibility index (Phi) is 7.81. The van der Waals surface area contributed by atoms with Crippen molar-refractivity contribution in [2.75, 3.05) is 20.1 Å². The van der Waals surface area contributed by atoms with Crippen LogP contribution in [0.3, 0.4) is 0 Å². The van der Waals surface area contributed by atoms with Gasteiger partial charge in [-0.2, -0.15) is 5.10 Å². The van der Waals surface area contributed by atoms with Crippen molar-refractivity contribution in [3.05, 3.63) is 48.3 Å². The van der Waals surface area contributed by atoms with Gasteiger partial charge in [-0.15, -0.1) is 24.0 Å². The first-order valence-corrected chi connectivity index (χ1v) is 6.87. The first-order valence-electron chi connectivity index (χ1n) is 6.87. The molecule has 6 heteroatoms. The summed E-state index contributed by atoms with van der Waals surface area (Å²) in [5.41, 5.74) is 2.37. The molecular formula is C15H22IN5. The summed E-state index contributed by atoms with van der Waals surface area (Å²) in [6.45, 7) is 3.79. The first kappa shape index (κ1) is 17.5. The van der Waals surface area contributed by atoms with Crippen molar-refractivity contribution < 1.29 is 0 Å². The van der Waals surface area contributed by atoms with Crippen LogP contribution in [0.2, 0.25) is 0 Å². The zero-order valence-corrected chi connectivity index (χ0v) is 14.7. The summed E-state index contributed by atoms with van der Waals surface area (Å²) in [6.07, 6.45) is 4.69. The molecule has 21 heavy (non-hydrogen) atoms. The van der Waals surface area contributed by atoms with Crippen LogP contribution in [0.5, 0.6) is 0 Å².